The Kier molecular flexibility index (Phi) is 11.2. The van der Waals surface area contributed by atoms with Gasteiger partial charge in [-0.2, -0.15) is 0 Å². The fourth-order valence-electron chi connectivity index (χ4n) is 1.18. The second kappa shape index (κ2) is 7.69. The Morgan fingerprint density at radius 2 is 1.15 bits per heavy atom. The van der Waals surface area contributed by atoms with Crippen LogP contribution in [0.3, 0.4) is 0 Å². The molecule has 0 aromatic heterocycles. The lowest BCUT2D eigenvalue weighted by atomic mass is 10.1. The van der Waals surface area contributed by atoms with Gasteiger partial charge in [-0.25, -0.2) is 0 Å². The van der Waals surface area contributed by atoms with E-state index in [4.69, 9.17) is 0 Å². The van der Waals surface area contributed by atoms with Crippen molar-refractivity contribution >= 4 is 15.4 Å². The highest BCUT2D eigenvalue weighted by molar-refractivity contribution is 6.34. The van der Waals surface area contributed by atoms with E-state index < -0.39 is 0 Å². The first-order valence-electron chi connectivity index (χ1n) is 3.40. The van der Waals surface area contributed by atoms with Crippen LogP contribution in [-0.2, 0) is 0 Å². The zero-order valence-corrected chi connectivity index (χ0v) is 11.1. The molecule has 0 atom stereocenters. The van der Waals surface area contributed by atoms with Crippen LogP contribution in [0.1, 0.15) is 16.7 Å². The third-order valence-electron chi connectivity index (χ3n) is 1.68. The highest BCUT2D eigenvalue weighted by Crippen LogP contribution is 2.03. The summed E-state index contributed by atoms with van der Waals surface area (Å²) < 4.78 is 0. The SMILES string of the molecule is Cc1cc(C)c([Si])c(C)c1.[Cl-].[Cl-].[Cl-]. The van der Waals surface area contributed by atoms with Crippen molar-refractivity contribution < 1.29 is 37.2 Å². The summed E-state index contributed by atoms with van der Waals surface area (Å²) in [6, 6.07) is 4.35. The largest absolute Gasteiger partial charge is 1.00 e. The molecule has 1 aromatic carbocycles. The van der Waals surface area contributed by atoms with Crippen LogP contribution in [0.5, 0.6) is 0 Å². The number of rotatable bonds is 0. The fourth-order valence-corrected chi connectivity index (χ4v) is 1.32. The molecule has 0 unspecified atom stereocenters. The molecule has 0 spiro atoms. The van der Waals surface area contributed by atoms with Gasteiger partial charge in [-0.3, -0.25) is 0 Å². The molecule has 1 rings (SSSR count). The van der Waals surface area contributed by atoms with E-state index in [1.165, 1.54) is 21.9 Å². The minimum Gasteiger partial charge on any atom is -1.00 e. The summed E-state index contributed by atoms with van der Waals surface area (Å²) in [6.45, 7) is 6.34. The van der Waals surface area contributed by atoms with Gasteiger partial charge in [0.25, 0.3) is 0 Å². The van der Waals surface area contributed by atoms with Crippen molar-refractivity contribution in [1.29, 1.82) is 0 Å². The van der Waals surface area contributed by atoms with Gasteiger partial charge in [0, 0.05) is 0 Å². The van der Waals surface area contributed by atoms with Gasteiger partial charge in [0.1, 0.15) is 0 Å². The van der Waals surface area contributed by atoms with E-state index in [1.807, 2.05) is 0 Å². The van der Waals surface area contributed by atoms with E-state index in [0.29, 0.717) is 0 Å². The highest BCUT2D eigenvalue weighted by Gasteiger charge is 1.96. The molecule has 0 fully saturated rings. The Balaban J connectivity index is -0.000000333. The average Bonchev–Trinajstić information content (AvgIpc) is 1.82. The number of hydrogen-bond donors (Lipinski definition) is 0. The van der Waals surface area contributed by atoms with Crippen molar-refractivity contribution in [2.45, 2.75) is 20.8 Å². The Labute approximate surface area is 102 Å². The molecule has 0 saturated heterocycles. The van der Waals surface area contributed by atoms with Crippen molar-refractivity contribution in [1.82, 2.24) is 0 Å². The summed E-state index contributed by atoms with van der Waals surface area (Å²) in [5.74, 6) is 0. The summed E-state index contributed by atoms with van der Waals surface area (Å²) in [5.41, 5.74) is 3.96. The summed E-state index contributed by atoms with van der Waals surface area (Å²) in [4.78, 5) is 0. The molecule has 4 heteroatoms. The maximum Gasteiger partial charge on any atom is 0.0719 e. The molecule has 13 heavy (non-hydrogen) atoms. The number of hydrogen-bond acceptors (Lipinski definition) is 0. The Hall–Kier alpha value is 0.307. The van der Waals surface area contributed by atoms with Crippen LogP contribution < -0.4 is 42.4 Å². The predicted octanol–water partition coefficient (Wildman–Crippen LogP) is -7.58. The van der Waals surface area contributed by atoms with Crippen LogP contribution in [-0.4, -0.2) is 10.2 Å². The smallest absolute Gasteiger partial charge is 0.0719 e. The third-order valence-corrected chi connectivity index (χ3v) is 2.47. The number of benzene rings is 1. The van der Waals surface area contributed by atoms with E-state index >= 15 is 0 Å². The molecule has 0 aliphatic carbocycles. The molecule has 0 N–H and O–H groups in total. The Morgan fingerprint density at radius 3 is 1.46 bits per heavy atom. The molecule has 75 valence electrons. The van der Waals surface area contributed by atoms with E-state index in [1.54, 1.807) is 0 Å². The molecule has 0 bridgehead atoms. The van der Waals surface area contributed by atoms with Crippen LogP contribution in [0, 0.1) is 20.8 Å². The first-order chi connectivity index (χ1) is 4.61. The first kappa shape index (κ1) is 19.0. The van der Waals surface area contributed by atoms with Crippen LogP contribution in [0.25, 0.3) is 0 Å². The molecular formula is C9H11Cl3Si-3. The van der Waals surface area contributed by atoms with Gasteiger partial charge in [0.15, 0.2) is 0 Å². The van der Waals surface area contributed by atoms with Gasteiger partial charge in [-0.05, 0) is 20.8 Å². The summed E-state index contributed by atoms with van der Waals surface area (Å²) >= 11 is 0. The highest BCUT2D eigenvalue weighted by atomic mass is 35.5. The maximum absolute atomic E-state index is 3.56. The molecule has 0 nitrogen and oxygen atoms in total. The van der Waals surface area contributed by atoms with Gasteiger partial charge in [-0.1, -0.05) is 34.0 Å². The molecule has 0 aliphatic heterocycles. The second-order valence-electron chi connectivity index (χ2n) is 2.77. The fraction of sp³-hybridized carbons (Fsp3) is 0.333. The maximum atomic E-state index is 3.56. The molecule has 3 radical (unpaired) electrons. The average molecular weight is 254 g/mol. The van der Waals surface area contributed by atoms with Gasteiger partial charge >= 0.3 is 0 Å². The number of aryl methyl sites for hydroxylation is 3. The standard InChI is InChI=1S/C9H11Si.3ClH/c1-6-4-7(2)9(10)8(3)5-6;;;/h4-5H,1-3H3;3*1H/p-3. The van der Waals surface area contributed by atoms with Gasteiger partial charge < -0.3 is 37.2 Å². The molecule has 0 saturated carbocycles. The monoisotopic (exact) mass is 252 g/mol. The quantitative estimate of drug-likeness (QED) is 0.403. The van der Waals surface area contributed by atoms with Crippen LogP contribution in [0.2, 0.25) is 0 Å². The first-order valence-corrected chi connectivity index (χ1v) is 3.90. The van der Waals surface area contributed by atoms with Crippen molar-refractivity contribution in [2.24, 2.45) is 0 Å². The lowest BCUT2D eigenvalue weighted by Gasteiger charge is -2.04. The molecule has 1 aromatic rings. The van der Waals surface area contributed by atoms with E-state index in [0.717, 1.165) is 0 Å². The molecule has 0 amide bonds. The lowest BCUT2D eigenvalue weighted by Crippen LogP contribution is -3.00. The zero-order valence-electron chi connectivity index (χ0n) is 7.79. The van der Waals surface area contributed by atoms with Gasteiger partial charge in [0.05, 0.1) is 10.2 Å². The minimum absolute atomic E-state index is 0. The Bertz CT molecular complexity index is 238. The zero-order chi connectivity index (χ0) is 7.72. The molecule has 0 heterocycles. The van der Waals surface area contributed by atoms with Crippen molar-refractivity contribution in [3.8, 4) is 0 Å². The second-order valence-corrected chi connectivity index (χ2v) is 3.27. The summed E-state index contributed by atoms with van der Waals surface area (Å²) in [7, 11) is 3.56. The molecular weight excluding hydrogens is 243 g/mol. The van der Waals surface area contributed by atoms with Crippen molar-refractivity contribution in [3.63, 3.8) is 0 Å². The third kappa shape index (κ3) is 4.92. The normalized spacial score (nSPS) is 7.69. The predicted molar refractivity (Wildman–Crippen MR) is 46.0 cm³/mol. The Morgan fingerprint density at radius 1 is 0.846 bits per heavy atom. The van der Waals surface area contributed by atoms with E-state index in [-0.39, 0.29) is 37.2 Å². The van der Waals surface area contributed by atoms with Crippen molar-refractivity contribution in [3.05, 3.63) is 28.8 Å². The van der Waals surface area contributed by atoms with E-state index in [2.05, 4.69) is 43.1 Å². The molecule has 0 aliphatic rings. The van der Waals surface area contributed by atoms with Gasteiger partial charge in [0.2, 0.25) is 0 Å². The topological polar surface area (TPSA) is 0 Å². The van der Waals surface area contributed by atoms with Crippen molar-refractivity contribution in [2.75, 3.05) is 0 Å². The van der Waals surface area contributed by atoms with Crippen LogP contribution in [0.4, 0.5) is 0 Å². The summed E-state index contributed by atoms with van der Waals surface area (Å²) in [6.07, 6.45) is 0. The van der Waals surface area contributed by atoms with Crippen LogP contribution >= 0.6 is 0 Å². The summed E-state index contributed by atoms with van der Waals surface area (Å²) in [5, 5.41) is 1.23. The number of halogens is 3. The minimum atomic E-state index is 0. The van der Waals surface area contributed by atoms with Gasteiger partial charge in [-0.15, -0.1) is 0 Å². The lowest BCUT2D eigenvalue weighted by molar-refractivity contribution is -0.00100. The van der Waals surface area contributed by atoms with E-state index in [9.17, 15) is 0 Å². The van der Waals surface area contributed by atoms with Crippen LogP contribution in [0.15, 0.2) is 12.1 Å².